The van der Waals surface area contributed by atoms with Crippen molar-refractivity contribution in [3.63, 3.8) is 0 Å². The second kappa shape index (κ2) is 15.1. The van der Waals surface area contributed by atoms with Gasteiger partial charge in [0.15, 0.2) is 0 Å². The molecule has 0 fully saturated rings. The molecule has 2 aliphatic carbocycles. The van der Waals surface area contributed by atoms with E-state index in [1.165, 1.54) is 94.2 Å². The molecular weight excluding hydrogens is 749 g/mol. The lowest BCUT2D eigenvalue weighted by molar-refractivity contribution is 0.472. The summed E-state index contributed by atoms with van der Waals surface area (Å²) in [6, 6.07) is 71.2. The van der Waals surface area contributed by atoms with E-state index in [0.29, 0.717) is 11.8 Å². The van der Waals surface area contributed by atoms with E-state index in [1.54, 1.807) is 0 Å². The summed E-state index contributed by atoms with van der Waals surface area (Å²) in [7, 11) is 0. The Kier molecular flexibility index (Phi) is 8.81. The fraction of sp³-hybridized carbons (Fsp3) is 0.0667. The van der Waals surface area contributed by atoms with Crippen LogP contribution in [0.2, 0.25) is 0 Å². The van der Waals surface area contributed by atoms with E-state index >= 15 is 0 Å². The first-order valence-corrected chi connectivity index (χ1v) is 21.9. The molecule has 2 heteroatoms. The van der Waals surface area contributed by atoms with Crippen molar-refractivity contribution in [1.29, 1.82) is 0 Å². The second-order valence-electron chi connectivity index (χ2n) is 16.8. The average Bonchev–Trinajstić information content (AvgIpc) is 3.87. The second-order valence-corrected chi connectivity index (χ2v) is 16.8. The lowest BCUT2D eigenvalue weighted by Gasteiger charge is -2.26. The maximum absolute atomic E-state index is 2.49. The normalized spacial score (nSPS) is 15.7. The van der Waals surface area contributed by atoms with Crippen molar-refractivity contribution in [2.75, 3.05) is 0 Å². The van der Waals surface area contributed by atoms with Crippen LogP contribution < -0.4 is 0 Å². The number of hydrogen-bond acceptors (Lipinski definition) is 0. The fourth-order valence-electron chi connectivity index (χ4n) is 10.3. The Morgan fingerprint density at radius 1 is 0.387 bits per heavy atom. The predicted molar refractivity (Wildman–Crippen MR) is 262 cm³/mol. The Balaban J connectivity index is 0.932. The zero-order chi connectivity index (χ0) is 41.0. The first-order valence-electron chi connectivity index (χ1n) is 21.9. The minimum Gasteiger partial charge on any atom is -0.310 e. The Bertz CT molecular complexity index is 3360. The number of benzene rings is 8. The zero-order valence-electron chi connectivity index (χ0n) is 34.4. The van der Waals surface area contributed by atoms with Crippen molar-refractivity contribution >= 4 is 38.8 Å². The molecule has 0 amide bonds. The van der Waals surface area contributed by atoms with Gasteiger partial charge in [0, 0.05) is 33.2 Å². The van der Waals surface area contributed by atoms with Gasteiger partial charge in [0.25, 0.3) is 0 Å². The lowest BCUT2D eigenvalue weighted by atomic mass is 9.79. The molecule has 0 saturated carbocycles. The van der Waals surface area contributed by atoms with Crippen LogP contribution >= 0.6 is 0 Å². The van der Waals surface area contributed by atoms with Gasteiger partial charge in [-0.3, -0.25) is 0 Å². The summed E-state index contributed by atoms with van der Waals surface area (Å²) in [5.74, 6) is 0.990. The molecule has 62 heavy (non-hydrogen) atoms. The molecule has 12 rings (SSSR count). The van der Waals surface area contributed by atoms with E-state index in [4.69, 9.17) is 0 Å². The molecule has 2 aliphatic rings. The van der Waals surface area contributed by atoms with Crippen molar-refractivity contribution < 1.29 is 0 Å². The average molecular weight is 793 g/mol. The highest BCUT2D eigenvalue weighted by Crippen LogP contribution is 2.44. The predicted octanol–water partition coefficient (Wildman–Crippen LogP) is 15.7. The van der Waals surface area contributed by atoms with Crippen molar-refractivity contribution in [1.82, 2.24) is 9.13 Å². The molecule has 0 bridgehead atoms. The van der Waals surface area contributed by atoms with Crippen LogP contribution in [0.15, 0.2) is 225 Å². The molecule has 294 valence electrons. The van der Waals surface area contributed by atoms with Gasteiger partial charge in [0.05, 0.1) is 16.6 Å². The van der Waals surface area contributed by atoms with Crippen molar-refractivity contribution in [2.24, 2.45) is 11.8 Å². The molecule has 0 aliphatic heterocycles. The molecule has 0 saturated heterocycles. The van der Waals surface area contributed by atoms with Crippen molar-refractivity contribution in [2.45, 2.75) is 12.8 Å². The summed E-state index contributed by atoms with van der Waals surface area (Å²) in [6.07, 6.45) is 16.1. The minimum absolute atomic E-state index is 0.470. The molecule has 0 radical (unpaired) electrons. The maximum Gasteiger partial charge on any atom is 0.0547 e. The van der Waals surface area contributed by atoms with Gasteiger partial charge in [0.1, 0.15) is 0 Å². The SMILES string of the molecule is C1=CCC(C2C=Cc3c(c4c(-c5ccccc5)cccc4n3-c3ccc(-c4ccc(-n5c6ccc(-c7ccccc7)cc6c6c(-c7ccccc7)cccc65)cc4)cc3)C2)C=C1. The summed E-state index contributed by atoms with van der Waals surface area (Å²) in [5.41, 5.74) is 18.6. The van der Waals surface area contributed by atoms with Gasteiger partial charge in [-0.05, 0) is 129 Å². The number of aromatic nitrogens is 2. The highest BCUT2D eigenvalue weighted by molar-refractivity contribution is 6.16. The molecule has 2 heterocycles. The van der Waals surface area contributed by atoms with E-state index in [1.807, 2.05) is 0 Å². The summed E-state index contributed by atoms with van der Waals surface area (Å²) < 4.78 is 4.92. The standard InChI is InChI=1S/C60H44N2/c1-5-15-41(16-6-1)47-31-37-55-53(39-47)59-51(45-19-9-3-10-20-45)23-13-25-57(59)61(55)49-33-27-43(28-34-49)44-29-35-50(36-30-44)62-56-38-32-48(42-17-7-2-8-18-42)40-54(56)60-52(24-14-26-58(60)62)46-21-11-4-12-22-46/h1-17,19-39,42,48H,18,40H2. The first kappa shape index (κ1) is 36.2. The van der Waals surface area contributed by atoms with Crippen LogP contribution in [0.4, 0.5) is 0 Å². The Labute approximate surface area is 362 Å². The van der Waals surface area contributed by atoms with E-state index in [2.05, 4.69) is 240 Å². The van der Waals surface area contributed by atoms with Gasteiger partial charge in [0.2, 0.25) is 0 Å². The molecule has 0 N–H and O–H groups in total. The Hall–Kier alpha value is -7.68. The van der Waals surface area contributed by atoms with Crippen LogP contribution in [-0.4, -0.2) is 9.13 Å². The van der Waals surface area contributed by atoms with Gasteiger partial charge in [-0.1, -0.05) is 176 Å². The topological polar surface area (TPSA) is 9.86 Å². The third-order valence-corrected chi connectivity index (χ3v) is 13.3. The molecule has 0 spiro atoms. The number of rotatable bonds is 7. The highest BCUT2D eigenvalue weighted by Gasteiger charge is 2.28. The number of fused-ring (bicyclic) bond motifs is 6. The summed E-state index contributed by atoms with van der Waals surface area (Å²) >= 11 is 0. The zero-order valence-corrected chi connectivity index (χ0v) is 34.4. The van der Waals surface area contributed by atoms with Gasteiger partial charge in [-0.25, -0.2) is 0 Å². The molecule has 2 unspecified atom stereocenters. The quantitative estimate of drug-likeness (QED) is 0.152. The lowest BCUT2D eigenvalue weighted by Crippen LogP contribution is -2.17. The van der Waals surface area contributed by atoms with Crippen molar-refractivity contribution in [3.8, 4) is 55.9 Å². The minimum atomic E-state index is 0.470. The van der Waals surface area contributed by atoms with Gasteiger partial charge in [-0.2, -0.15) is 0 Å². The fourth-order valence-corrected chi connectivity index (χ4v) is 10.3. The smallest absolute Gasteiger partial charge is 0.0547 e. The first-order chi connectivity index (χ1) is 30.8. The van der Waals surface area contributed by atoms with Crippen LogP contribution in [0.5, 0.6) is 0 Å². The molecule has 8 aromatic carbocycles. The molecular formula is C60H44N2. The molecule has 2 aromatic heterocycles. The van der Waals surface area contributed by atoms with Crippen LogP contribution in [0, 0.1) is 11.8 Å². The Morgan fingerprint density at radius 3 is 1.55 bits per heavy atom. The third-order valence-electron chi connectivity index (χ3n) is 13.3. The molecule has 2 nitrogen and oxygen atoms in total. The molecule has 2 atom stereocenters. The van der Waals surface area contributed by atoms with Crippen LogP contribution in [0.25, 0.3) is 94.7 Å². The monoisotopic (exact) mass is 792 g/mol. The van der Waals surface area contributed by atoms with Crippen LogP contribution in [0.1, 0.15) is 17.7 Å². The van der Waals surface area contributed by atoms with Crippen molar-refractivity contribution in [3.05, 3.63) is 236 Å². The van der Waals surface area contributed by atoms with Gasteiger partial charge < -0.3 is 9.13 Å². The Morgan fingerprint density at radius 2 is 0.935 bits per heavy atom. The van der Waals surface area contributed by atoms with Crippen LogP contribution in [0.3, 0.4) is 0 Å². The highest BCUT2D eigenvalue weighted by atomic mass is 15.0. The maximum atomic E-state index is 2.49. The van der Waals surface area contributed by atoms with E-state index in [0.717, 1.165) is 18.5 Å². The number of nitrogens with zero attached hydrogens (tertiary/aromatic N) is 2. The third kappa shape index (κ3) is 6.10. The molecule has 10 aromatic rings. The van der Waals surface area contributed by atoms with Gasteiger partial charge in [-0.15, -0.1) is 0 Å². The number of hydrogen-bond donors (Lipinski definition) is 0. The largest absolute Gasteiger partial charge is 0.310 e. The van der Waals surface area contributed by atoms with E-state index in [-0.39, 0.29) is 0 Å². The summed E-state index contributed by atoms with van der Waals surface area (Å²) in [4.78, 5) is 0. The van der Waals surface area contributed by atoms with E-state index in [9.17, 15) is 0 Å². The summed E-state index contributed by atoms with van der Waals surface area (Å²) in [5, 5.41) is 3.90. The summed E-state index contributed by atoms with van der Waals surface area (Å²) in [6.45, 7) is 0. The van der Waals surface area contributed by atoms with Gasteiger partial charge >= 0.3 is 0 Å². The van der Waals surface area contributed by atoms with Crippen LogP contribution in [-0.2, 0) is 6.42 Å². The number of allylic oxidation sites excluding steroid dienone is 5. The van der Waals surface area contributed by atoms with E-state index < -0.39 is 0 Å².